The maximum atomic E-state index is 13.5. The molecule has 0 spiro atoms. The van der Waals surface area contributed by atoms with Crippen molar-refractivity contribution >= 4 is 5.95 Å². The van der Waals surface area contributed by atoms with Gasteiger partial charge in [-0.25, -0.2) is 19.2 Å². The van der Waals surface area contributed by atoms with Crippen LogP contribution in [0, 0.1) is 11.7 Å². The molecule has 170 valence electrons. The van der Waals surface area contributed by atoms with E-state index < -0.39 is 0 Å². The van der Waals surface area contributed by atoms with Gasteiger partial charge in [0.15, 0.2) is 0 Å². The molecule has 0 bridgehead atoms. The smallest absolute Gasteiger partial charge is 0.333 e. The van der Waals surface area contributed by atoms with Crippen LogP contribution in [0.2, 0.25) is 0 Å². The van der Waals surface area contributed by atoms with Crippen LogP contribution in [0.25, 0.3) is 17.1 Å². The van der Waals surface area contributed by atoms with Crippen LogP contribution in [0.5, 0.6) is 0 Å². The Morgan fingerprint density at radius 2 is 1.91 bits per heavy atom. The minimum absolute atomic E-state index is 0.170. The Kier molecular flexibility index (Phi) is 6.69. The molecule has 1 atom stereocenters. The molecule has 1 N–H and O–H groups in total. The molecule has 1 aliphatic rings. The van der Waals surface area contributed by atoms with Gasteiger partial charge in [0.25, 0.3) is 0 Å². The van der Waals surface area contributed by atoms with Crippen molar-refractivity contribution in [2.75, 3.05) is 19.0 Å². The zero-order chi connectivity index (χ0) is 22.7. The molecule has 0 radical (unpaired) electrons. The summed E-state index contributed by atoms with van der Waals surface area (Å²) in [6, 6.07) is 7.85. The molecule has 0 aliphatic heterocycles. The standard InChI is InChI=1S/C24H30FN5O2/c1-16-4-8-19(9-5-16)27-23-26-13-12-21(28-23)22-14-29(17(2)15-32-3)24(31)30(22)20-10-6-18(25)7-11-20/h6-7,10-14,16-17,19H,4-5,8-9,15H2,1-3H3,(H,26,27,28). The molecule has 0 saturated heterocycles. The van der Waals surface area contributed by atoms with Gasteiger partial charge in [-0.05, 0) is 68.9 Å². The second kappa shape index (κ2) is 9.65. The van der Waals surface area contributed by atoms with Crippen LogP contribution < -0.4 is 11.0 Å². The van der Waals surface area contributed by atoms with E-state index in [9.17, 15) is 9.18 Å². The summed E-state index contributed by atoms with van der Waals surface area (Å²) in [6.45, 7) is 4.60. The van der Waals surface area contributed by atoms with Gasteiger partial charge in [-0.2, -0.15) is 0 Å². The van der Waals surface area contributed by atoms with E-state index in [4.69, 9.17) is 9.72 Å². The van der Waals surface area contributed by atoms with Crippen molar-refractivity contribution in [2.24, 2.45) is 5.92 Å². The number of methoxy groups -OCH3 is 1. The summed E-state index contributed by atoms with van der Waals surface area (Å²) < 4.78 is 21.9. The van der Waals surface area contributed by atoms with Crippen molar-refractivity contribution < 1.29 is 9.13 Å². The Balaban J connectivity index is 1.73. The van der Waals surface area contributed by atoms with Crippen molar-refractivity contribution in [3.8, 4) is 17.1 Å². The van der Waals surface area contributed by atoms with Crippen LogP contribution >= 0.6 is 0 Å². The number of benzene rings is 1. The second-order valence-electron chi connectivity index (χ2n) is 8.69. The Morgan fingerprint density at radius 3 is 2.59 bits per heavy atom. The van der Waals surface area contributed by atoms with Crippen LogP contribution in [0.3, 0.4) is 0 Å². The van der Waals surface area contributed by atoms with Gasteiger partial charge in [-0.1, -0.05) is 6.92 Å². The summed E-state index contributed by atoms with van der Waals surface area (Å²) in [6.07, 6.45) is 8.07. The first-order valence-corrected chi connectivity index (χ1v) is 11.1. The molecule has 7 nitrogen and oxygen atoms in total. The fourth-order valence-electron chi connectivity index (χ4n) is 4.28. The molecule has 1 fully saturated rings. The normalized spacial score (nSPS) is 19.6. The monoisotopic (exact) mass is 439 g/mol. The number of hydrogen-bond donors (Lipinski definition) is 1. The molecular weight excluding hydrogens is 409 g/mol. The highest BCUT2D eigenvalue weighted by atomic mass is 19.1. The first kappa shape index (κ1) is 22.2. The quantitative estimate of drug-likeness (QED) is 0.589. The minimum atomic E-state index is -0.356. The second-order valence-corrected chi connectivity index (χ2v) is 8.69. The van der Waals surface area contributed by atoms with Crippen molar-refractivity contribution in [1.82, 2.24) is 19.1 Å². The lowest BCUT2D eigenvalue weighted by atomic mass is 9.87. The van der Waals surface area contributed by atoms with Gasteiger partial charge in [0.1, 0.15) is 5.82 Å². The van der Waals surface area contributed by atoms with E-state index in [1.165, 1.54) is 25.0 Å². The zero-order valence-electron chi connectivity index (χ0n) is 18.8. The van der Waals surface area contributed by atoms with E-state index in [0.29, 0.717) is 35.7 Å². The number of aromatic nitrogens is 4. The number of halogens is 1. The first-order chi connectivity index (χ1) is 15.5. The van der Waals surface area contributed by atoms with E-state index in [0.717, 1.165) is 18.8 Å². The van der Waals surface area contributed by atoms with E-state index in [2.05, 4.69) is 17.2 Å². The molecule has 1 saturated carbocycles. The van der Waals surface area contributed by atoms with Gasteiger partial charge >= 0.3 is 5.69 Å². The Morgan fingerprint density at radius 1 is 1.19 bits per heavy atom. The molecule has 2 heterocycles. The summed E-state index contributed by atoms with van der Waals surface area (Å²) in [5.74, 6) is 0.961. The highest BCUT2D eigenvalue weighted by Crippen LogP contribution is 2.26. The summed E-state index contributed by atoms with van der Waals surface area (Å²) in [4.78, 5) is 22.4. The third-order valence-corrected chi connectivity index (χ3v) is 6.15. The fraction of sp³-hybridized carbons (Fsp3) is 0.458. The van der Waals surface area contributed by atoms with Crippen molar-refractivity contribution in [3.05, 3.63) is 59.0 Å². The SMILES string of the molecule is COCC(C)n1cc(-c2ccnc(NC3CCC(C)CC3)n2)n(-c2ccc(F)cc2)c1=O. The number of hydrogen-bond acceptors (Lipinski definition) is 5. The maximum absolute atomic E-state index is 13.5. The Labute approximate surface area is 187 Å². The van der Waals surface area contributed by atoms with Crippen LogP contribution in [0.4, 0.5) is 10.3 Å². The van der Waals surface area contributed by atoms with Crippen LogP contribution in [-0.2, 0) is 4.74 Å². The average molecular weight is 440 g/mol. The van der Waals surface area contributed by atoms with Gasteiger partial charge in [0.2, 0.25) is 5.95 Å². The van der Waals surface area contributed by atoms with Gasteiger partial charge in [0.05, 0.1) is 29.7 Å². The topological polar surface area (TPSA) is 74.0 Å². The number of ether oxygens (including phenoxy) is 1. The third kappa shape index (κ3) is 4.75. The highest BCUT2D eigenvalue weighted by molar-refractivity contribution is 5.59. The summed E-state index contributed by atoms with van der Waals surface area (Å²) >= 11 is 0. The van der Waals surface area contributed by atoms with E-state index in [-0.39, 0.29) is 17.5 Å². The number of nitrogens with zero attached hydrogens (tertiary/aromatic N) is 4. The van der Waals surface area contributed by atoms with Crippen LogP contribution in [-0.4, -0.2) is 38.9 Å². The molecular formula is C24H30FN5O2. The Hall–Kier alpha value is -3.00. The average Bonchev–Trinajstić information content (AvgIpc) is 3.13. The Bertz CT molecular complexity index is 1100. The van der Waals surface area contributed by atoms with Crippen molar-refractivity contribution in [1.29, 1.82) is 0 Å². The minimum Gasteiger partial charge on any atom is -0.383 e. The summed E-state index contributed by atoms with van der Waals surface area (Å²) in [7, 11) is 1.60. The van der Waals surface area contributed by atoms with Gasteiger partial charge in [0, 0.05) is 25.5 Å². The molecule has 1 unspecified atom stereocenters. The third-order valence-electron chi connectivity index (χ3n) is 6.15. The predicted molar refractivity (Wildman–Crippen MR) is 123 cm³/mol. The number of nitrogens with one attached hydrogen (secondary N) is 1. The molecule has 1 aliphatic carbocycles. The van der Waals surface area contributed by atoms with Crippen LogP contribution in [0.15, 0.2) is 47.5 Å². The fourth-order valence-corrected chi connectivity index (χ4v) is 4.28. The van der Waals surface area contributed by atoms with Gasteiger partial charge < -0.3 is 10.1 Å². The maximum Gasteiger partial charge on any atom is 0.333 e. The van der Waals surface area contributed by atoms with Gasteiger partial charge in [-0.15, -0.1) is 0 Å². The van der Waals surface area contributed by atoms with Crippen LogP contribution in [0.1, 0.15) is 45.6 Å². The molecule has 4 rings (SSSR count). The first-order valence-electron chi connectivity index (χ1n) is 11.1. The largest absolute Gasteiger partial charge is 0.383 e. The molecule has 1 aromatic carbocycles. The lowest BCUT2D eigenvalue weighted by molar-refractivity contribution is 0.161. The van der Waals surface area contributed by atoms with E-state index in [1.54, 1.807) is 46.8 Å². The molecule has 0 amide bonds. The van der Waals surface area contributed by atoms with Crippen molar-refractivity contribution in [3.63, 3.8) is 0 Å². The lowest BCUT2D eigenvalue weighted by Gasteiger charge is -2.26. The lowest BCUT2D eigenvalue weighted by Crippen LogP contribution is -2.27. The van der Waals surface area contributed by atoms with Gasteiger partial charge in [-0.3, -0.25) is 9.13 Å². The molecule has 8 heteroatoms. The zero-order valence-corrected chi connectivity index (χ0v) is 18.8. The number of imidazole rings is 1. The molecule has 3 aromatic rings. The van der Waals surface area contributed by atoms with E-state index in [1.807, 2.05) is 6.92 Å². The predicted octanol–water partition coefficient (Wildman–Crippen LogP) is 4.43. The molecule has 32 heavy (non-hydrogen) atoms. The molecule has 2 aromatic heterocycles. The van der Waals surface area contributed by atoms with Crippen molar-refractivity contribution in [2.45, 2.75) is 51.6 Å². The highest BCUT2D eigenvalue weighted by Gasteiger charge is 2.21. The number of rotatable bonds is 7. The van der Waals surface area contributed by atoms with E-state index >= 15 is 0 Å². The number of anilines is 1. The summed E-state index contributed by atoms with van der Waals surface area (Å²) in [5, 5.41) is 3.46. The summed E-state index contributed by atoms with van der Waals surface area (Å²) in [5.41, 5.74) is 1.58.